The predicted octanol–water partition coefficient (Wildman–Crippen LogP) is 3.18. The number of rotatable bonds is 5. The zero-order valence-corrected chi connectivity index (χ0v) is 12.4. The smallest absolute Gasteiger partial charge is 0.142 e. The van der Waals surface area contributed by atoms with E-state index < -0.39 is 0 Å². The summed E-state index contributed by atoms with van der Waals surface area (Å²) < 4.78 is 5.58. The van der Waals surface area contributed by atoms with Crippen LogP contribution < -0.4 is 15.0 Å². The lowest BCUT2D eigenvalue weighted by Crippen LogP contribution is -2.29. The van der Waals surface area contributed by atoms with Crippen molar-refractivity contribution in [3.8, 4) is 5.75 Å². The first kappa shape index (κ1) is 14.2. The highest BCUT2D eigenvalue weighted by molar-refractivity contribution is 5.60. The fourth-order valence-electron chi connectivity index (χ4n) is 2.55. The van der Waals surface area contributed by atoms with Crippen molar-refractivity contribution in [3.63, 3.8) is 0 Å². The molecule has 19 heavy (non-hydrogen) atoms. The van der Waals surface area contributed by atoms with Crippen LogP contribution in [0, 0.1) is 0 Å². The maximum absolute atomic E-state index is 5.58. The van der Waals surface area contributed by atoms with Gasteiger partial charge in [-0.3, -0.25) is 0 Å². The number of anilines is 1. The van der Waals surface area contributed by atoms with E-state index in [4.69, 9.17) is 4.74 Å². The molecule has 0 amide bonds. The van der Waals surface area contributed by atoms with Crippen LogP contribution in [-0.2, 0) is 6.54 Å². The predicted molar refractivity (Wildman–Crippen MR) is 81.0 cm³/mol. The van der Waals surface area contributed by atoms with Crippen LogP contribution in [0.15, 0.2) is 18.2 Å². The molecule has 1 fully saturated rings. The molecule has 1 aromatic carbocycles. The summed E-state index contributed by atoms with van der Waals surface area (Å²) in [4.78, 5) is 2.45. The Bertz CT molecular complexity index is 398. The van der Waals surface area contributed by atoms with Crippen LogP contribution in [0.1, 0.15) is 38.7 Å². The van der Waals surface area contributed by atoms with Crippen molar-refractivity contribution in [2.45, 2.75) is 45.7 Å². The van der Waals surface area contributed by atoms with E-state index in [2.05, 4.69) is 42.3 Å². The molecule has 0 saturated carbocycles. The topological polar surface area (TPSA) is 24.5 Å². The van der Waals surface area contributed by atoms with Gasteiger partial charge in [0, 0.05) is 25.7 Å². The zero-order chi connectivity index (χ0) is 13.7. The number of nitrogens with zero attached hydrogens (tertiary/aromatic N) is 1. The van der Waals surface area contributed by atoms with Crippen LogP contribution in [0.25, 0.3) is 0 Å². The lowest BCUT2D eigenvalue weighted by Gasteiger charge is -2.30. The molecule has 106 valence electrons. The van der Waals surface area contributed by atoms with Crippen molar-refractivity contribution in [2.24, 2.45) is 0 Å². The Morgan fingerprint density at radius 1 is 1.21 bits per heavy atom. The number of hydrogen-bond donors (Lipinski definition) is 1. The molecule has 0 aromatic heterocycles. The van der Waals surface area contributed by atoms with Crippen LogP contribution in [0.4, 0.5) is 5.69 Å². The first-order valence-electron chi connectivity index (χ1n) is 7.36. The maximum atomic E-state index is 5.58. The van der Waals surface area contributed by atoms with Gasteiger partial charge in [-0.05, 0) is 37.0 Å². The number of hydrogen-bond acceptors (Lipinski definition) is 3. The molecule has 3 heteroatoms. The molecular formula is C16H26N2O. The lowest BCUT2D eigenvalue weighted by molar-refractivity contribution is 0.411. The molecule has 0 aliphatic carbocycles. The summed E-state index contributed by atoms with van der Waals surface area (Å²) in [6.07, 6.45) is 3.94. The Morgan fingerprint density at radius 2 is 1.95 bits per heavy atom. The summed E-state index contributed by atoms with van der Waals surface area (Å²) in [5.41, 5.74) is 2.53. The highest BCUT2D eigenvalue weighted by atomic mass is 16.5. The van der Waals surface area contributed by atoms with E-state index in [1.807, 2.05) is 0 Å². The summed E-state index contributed by atoms with van der Waals surface area (Å²) in [5.74, 6) is 1.00. The Kier molecular flexibility index (Phi) is 5.08. The van der Waals surface area contributed by atoms with E-state index in [0.29, 0.717) is 6.04 Å². The van der Waals surface area contributed by atoms with Gasteiger partial charge in [0.05, 0.1) is 12.8 Å². The molecule has 0 atom stereocenters. The molecule has 1 aromatic rings. The standard InChI is InChI=1S/C16H26N2O/c1-13(2)17-12-14-7-8-15(16(11-14)19-3)18-9-5-4-6-10-18/h7-8,11,13,17H,4-6,9-10,12H2,1-3H3. The van der Waals surface area contributed by atoms with E-state index in [1.165, 1.54) is 30.5 Å². The van der Waals surface area contributed by atoms with Gasteiger partial charge >= 0.3 is 0 Å². The van der Waals surface area contributed by atoms with E-state index in [9.17, 15) is 0 Å². The molecule has 1 aliphatic rings. The quantitative estimate of drug-likeness (QED) is 0.882. The monoisotopic (exact) mass is 262 g/mol. The summed E-state index contributed by atoms with van der Waals surface area (Å²) in [5, 5.41) is 3.44. The van der Waals surface area contributed by atoms with Crippen LogP contribution in [-0.4, -0.2) is 26.2 Å². The van der Waals surface area contributed by atoms with E-state index in [-0.39, 0.29) is 0 Å². The molecule has 0 unspecified atom stereocenters. The largest absolute Gasteiger partial charge is 0.495 e. The number of nitrogens with one attached hydrogen (secondary N) is 1. The number of piperidine rings is 1. The Morgan fingerprint density at radius 3 is 2.58 bits per heavy atom. The number of ether oxygens (including phenoxy) is 1. The average Bonchev–Trinajstić information content (AvgIpc) is 2.45. The minimum absolute atomic E-state index is 0.507. The molecule has 1 N–H and O–H groups in total. The van der Waals surface area contributed by atoms with Crippen molar-refractivity contribution in [1.29, 1.82) is 0 Å². The molecule has 3 nitrogen and oxygen atoms in total. The van der Waals surface area contributed by atoms with Gasteiger partial charge in [0.25, 0.3) is 0 Å². The third kappa shape index (κ3) is 3.87. The van der Waals surface area contributed by atoms with E-state index in [0.717, 1.165) is 25.4 Å². The minimum Gasteiger partial charge on any atom is -0.495 e. The first-order valence-corrected chi connectivity index (χ1v) is 7.36. The van der Waals surface area contributed by atoms with Gasteiger partial charge in [-0.2, -0.15) is 0 Å². The van der Waals surface area contributed by atoms with Gasteiger partial charge in [-0.15, -0.1) is 0 Å². The molecule has 1 aliphatic heterocycles. The molecular weight excluding hydrogens is 236 g/mol. The summed E-state index contributed by atoms with van der Waals surface area (Å²) in [6.45, 7) is 7.53. The van der Waals surface area contributed by atoms with Crippen molar-refractivity contribution < 1.29 is 4.74 Å². The molecule has 0 bridgehead atoms. The average molecular weight is 262 g/mol. The molecule has 1 heterocycles. The van der Waals surface area contributed by atoms with E-state index in [1.54, 1.807) is 7.11 Å². The minimum atomic E-state index is 0.507. The molecule has 1 saturated heterocycles. The third-order valence-corrected chi connectivity index (χ3v) is 3.66. The van der Waals surface area contributed by atoms with Gasteiger partial charge in [0.1, 0.15) is 5.75 Å². The van der Waals surface area contributed by atoms with Gasteiger partial charge in [-0.1, -0.05) is 19.9 Å². The van der Waals surface area contributed by atoms with Crippen molar-refractivity contribution >= 4 is 5.69 Å². The fraction of sp³-hybridized carbons (Fsp3) is 0.625. The van der Waals surface area contributed by atoms with Gasteiger partial charge in [-0.25, -0.2) is 0 Å². The lowest BCUT2D eigenvalue weighted by atomic mass is 10.1. The second-order valence-electron chi connectivity index (χ2n) is 5.59. The van der Waals surface area contributed by atoms with Crippen molar-refractivity contribution in [2.75, 3.05) is 25.1 Å². The zero-order valence-electron chi connectivity index (χ0n) is 12.4. The normalized spacial score (nSPS) is 15.9. The Balaban J connectivity index is 2.11. The van der Waals surface area contributed by atoms with E-state index >= 15 is 0 Å². The van der Waals surface area contributed by atoms with Crippen LogP contribution >= 0.6 is 0 Å². The molecule has 0 spiro atoms. The summed E-state index contributed by atoms with van der Waals surface area (Å²) in [7, 11) is 1.77. The van der Waals surface area contributed by atoms with Gasteiger partial charge in [0.2, 0.25) is 0 Å². The highest BCUT2D eigenvalue weighted by Crippen LogP contribution is 2.31. The number of benzene rings is 1. The highest BCUT2D eigenvalue weighted by Gasteiger charge is 2.15. The first-order chi connectivity index (χ1) is 9.20. The van der Waals surface area contributed by atoms with Crippen LogP contribution in [0.5, 0.6) is 5.75 Å². The summed E-state index contributed by atoms with van der Waals surface area (Å²) in [6, 6.07) is 7.09. The molecule has 2 rings (SSSR count). The van der Waals surface area contributed by atoms with Crippen LogP contribution in [0.3, 0.4) is 0 Å². The SMILES string of the molecule is COc1cc(CNC(C)C)ccc1N1CCCCC1. The van der Waals surface area contributed by atoms with Crippen LogP contribution in [0.2, 0.25) is 0 Å². The van der Waals surface area contributed by atoms with Gasteiger partial charge in [0.15, 0.2) is 0 Å². The Labute approximate surface area is 116 Å². The van der Waals surface area contributed by atoms with Gasteiger partial charge < -0.3 is 15.0 Å². The Hall–Kier alpha value is -1.22. The maximum Gasteiger partial charge on any atom is 0.142 e. The second-order valence-corrected chi connectivity index (χ2v) is 5.59. The fourth-order valence-corrected chi connectivity index (χ4v) is 2.55. The molecule has 0 radical (unpaired) electrons. The summed E-state index contributed by atoms with van der Waals surface area (Å²) >= 11 is 0. The van der Waals surface area contributed by atoms with Crippen molar-refractivity contribution in [3.05, 3.63) is 23.8 Å². The second kappa shape index (κ2) is 6.80. The number of methoxy groups -OCH3 is 1. The van der Waals surface area contributed by atoms with Crippen molar-refractivity contribution in [1.82, 2.24) is 5.32 Å². The third-order valence-electron chi connectivity index (χ3n) is 3.66.